The summed E-state index contributed by atoms with van der Waals surface area (Å²) in [7, 11) is -3.85. The molecule has 2 saturated heterocycles. The van der Waals surface area contributed by atoms with Crippen LogP contribution in [0.1, 0.15) is 23.2 Å². The molecular formula is C17H21ClN2O6S. The van der Waals surface area contributed by atoms with Crippen molar-refractivity contribution >= 4 is 33.5 Å². The number of nitrogens with zero attached hydrogens (tertiary/aromatic N) is 2. The van der Waals surface area contributed by atoms with E-state index in [1.807, 2.05) is 0 Å². The van der Waals surface area contributed by atoms with Gasteiger partial charge in [0, 0.05) is 26.2 Å². The average molecular weight is 417 g/mol. The van der Waals surface area contributed by atoms with Crippen molar-refractivity contribution in [3.05, 3.63) is 28.8 Å². The maximum absolute atomic E-state index is 12.8. The Labute approximate surface area is 163 Å². The van der Waals surface area contributed by atoms with Crippen LogP contribution in [0.25, 0.3) is 0 Å². The van der Waals surface area contributed by atoms with E-state index in [-0.39, 0.29) is 41.1 Å². The van der Waals surface area contributed by atoms with Crippen molar-refractivity contribution in [3.63, 3.8) is 0 Å². The molecule has 2 aliphatic rings. The molecule has 0 unspecified atom stereocenters. The number of amides is 1. The Morgan fingerprint density at radius 1 is 1.11 bits per heavy atom. The number of halogens is 1. The van der Waals surface area contributed by atoms with Gasteiger partial charge in [0.05, 0.1) is 23.8 Å². The van der Waals surface area contributed by atoms with Gasteiger partial charge in [-0.15, -0.1) is 0 Å². The minimum absolute atomic E-state index is 0.0196. The Bertz CT molecular complexity index is 817. The van der Waals surface area contributed by atoms with Crippen molar-refractivity contribution < 1.29 is 27.5 Å². The molecule has 0 aromatic heterocycles. The number of esters is 1. The SMILES string of the molecule is O=C(OCC(=O)N1CCCC1)c1ccc(Cl)c(S(=O)(=O)N2CCOCC2)c1. The fourth-order valence-corrected chi connectivity index (χ4v) is 4.93. The van der Waals surface area contributed by atoms with E-state index >= 15 is 0 Å². The summed E-state index contributed by atoms with van der Waals surface area (Å²) >= 11 is 6.07. The number of likely N-dealkylation sites (tertiary alicyclic amines) is 1. The summed E-state index contributed by atoms with van der Waals surface area (Å²) in [5.41, 5.74) is 0.0282. The first kappa shape index (κ1) is 20.1. The van der Waals surface area contributed by atoms with Crippen LogP contribution >= 0.6 is 11.6 Å². The largest absolute Gasteiger partial charge is 0.452 e. The van der Waals surface area contributed by atoms with Crippen molar-refractivity contribution in [2.24, 2.45) is 0 Å². The molecule has 10 heteroatoms. The van der Waals surface area contributed by atoms with Crippen molar-refractivity contribution in [2.45, 2.75) is 17.7 Å². The van der Waals surface area contributed by atoms with Gasteiger partial charge in [-0.1, -0.05) is 11.6 Å². The van der Waals surface area contributed by atoms with E-state index < -0.39 is 16.0 Å². The highest BCUT2D eigenvalue weighted by molar-refractivity contribution is 7.89. The zero-order valence-corrected chi connectivity index (χ0v) is 16.3. The number of ether oxygens (including phenoxy) is 2. The van der Waals surface area contributed by atoms with Gasteiger partial charge in [0.25, 0.3) is 5.91 Å². The number of carbonyl (C=O) groups is 2. The van der Waals surface area contributed by atoms with Gasteiger partial charge in [-0.25, -0.2) is 13.2 Å². The second-order valence-electron chi connectivity index (χ2n) is 6.33. The van der Waals surface area contributed by atoms with Crippen LogP contribution < -0.4 is 0 Å². The van der Waals surface area contributed by atoms with E-state index in [2.05, 4.69) is 0 Å². The molecule has 1 aromatic rings. The van der Waals surface area contributed by atoms with Crippen LogP contribution in [0.2, 0.25) is 5.02 Å². The highest BCUT2D eigenvalue weighted by atomic mass is 35.5. The number of carbonyl (C=O) groups excluding carboxylic acids is 2. The summed E-state index contributed by atoms with van der Waals surface area (Å²) in [4.78, 5) is 25.7. The Morgan fingerprint density at radius 2 is 1.78 bits per heavy atom. The summed E-state index contributed by atoms with van der Waals surface area (Å²) in [5, 5.41) is 0.0196. The van der Waals surface area contributed by atoms with E-state index in [0.29, 0.717) is 26.3 Å². The van der Waals surface area contributed by atoms with Crippen molar-refractivity contribution in [3.8, 4) is 0 Å². The van der Waals surface area contributed by atoms with Gasteiger partial charge in [-0.3, -0.25) is 4.79 Å². The third-order valence-corrected chi connectivity index (χ3v) is 6.92. The van der Waals surface area contributed by atoms with Crippen LogP contribution in [0.3, 0.4) is 0 Å². The molecule has 148 valence electrons. The molecule has 1 amide bonds. The molecule has 1 aromatic carbocycles. The second kappa shape index (κ2) is 8.55. The summed E-state index contributed by atoms with van der Waals surface area (Å²) in [5.74, 6) is -1.02. The molecule has 0 N–H and O–H groups in total. The van der Waals surface area contributed by atoms with Gasteiger partial charge in [-0.05, 0) is 31.0 Å². The zero-order valence-electron chi connectivity index (χ0n) is 14.7. The summed E-state index contributed by atoms with van der Waals surface area (Å²) in [6.45, 7) is 2.01. The summed E-state index contributed by atoms with van der Waals surface area (Å²) < 4.78 is 37.1. The highest BCUT2D eigenvalue weighted by Gasteiger charge is 2.29. The molecule has 0 radical (unpaired) electrons. The molecule has 2 aliphatic heterocycles. The van der Waals surface area contributed by atoms with E-state index in [0.717, 1.165) is 12.8 Å². The zero-order chi connectivity index (χ0) is 19.4. The Morgan fingerprint density at radius 3 is 2.44 bits per heavy atom. The van der Waals surface area contributed by atoms with Gasteiger partial charge in [0.15, 0.2) is 6.61 Å². The third-order valence-electron chi connectivity index (χ3n) is 4.54. The lowest BCUT2D eigenvalue weighted by molar-refractivity contribution is -0.133. The predicted octanol–water partition coefficient (Wildman–Crippen LogP) is 1.14. The number of hydrogen-bond donors (Lipinski definition) is 0. The first-order valence-electron chi connectivity index (χ1n) is 8.72. The molecule has 2 heterocycles. The van der Waals surface area contributed by atoms with E-state index in [1.165, 1.54) is 22.5 Å². The van der Waals surface area contributed by atoms with Gasteiger partial charge < -0.3 is 14.4 Å². The number of hydrogen-bond acceptors (Lipinski definition) is 6. The van der Waals surface area contributed by atoms with E-state index in [1.54, 1.807) is 4.90 Å². The topological polar surface area (TPSA) is 93.2 Å². The molecule has 0 aliphatic carbocycles. The quantitative estimate of drug-likeness (QED) is 0.668. The minimum atomic E-state index is -3.85. The molecule has 8 nitrogen and oxygen atoms in total. The standard InChI is InChI=1S/C17H21ClN2O6S/c18-14-4-3-13(17(22)26-12-16(21)19-5-1-2-6-19)11-15(14)27(23,24)20-7-9-25-10-8-20/h3-4,11H,1-2,5-10,12H2. The van der Waals surface area contributed by atoms with E-state index in [4.69, 9.17) is 21.1 Å². The van der Waals surface area contributed by atoms with Gasteiger partial charge in [0.2, 0.25) is 10.0 Å². The lowest BCUT2D eigenvalue weighted by Crippen LogP contribution is -2.40. The van der Waals surface area contributed by atoms with Crippen LogP contribution in [0, 0.1) is 0 Å². The molecule has 0 bridgehead atoms. The maximum Gasteiger partial charge on any atom is 0.338 e. The first-order chi connectivity index (χ1) is 12.9. The van der Waals surface area contributed by atoms with Crippen LogP contribution in [-0.4, -0.2) is 75.5 Å². The van der Waals surface area contributed by atoms with E-state index in [9.17, 15) is 18.0 Å². The highest BCUT2D eigenvalue weighted by Crippen LogP contribution is 2.26. The summed E-state index contributed by atoms with van der Waals surface area (Å²) in [6, 6.07) is 3.91. The van der Waals surface area contributed by atoms with Gasteiger partial charge >= 0.3 is 5.97 Å². The Kier molecular flexibility index (Phi) is 6.36. The predicted molar refractivity (Wildman–Crippen MR) is 97.1 cm³/mol. The molecule has 0 spiro atoms. The van der Waals surface area contributed by atoms with Crippen LogP contribution in [0.4, 0.5) is 0 Å². The molecule has 0 atom stereocenters. The number of sulfonamides is 1. The lowest BCUT2D eigenvalue weighted by atomic mass is 10.2. The monoisotopic (exact) mass is 416 g/mol. The Hall–Kier alpha value is -1.68. The number of rotatable bonds is 5. The first-order valence-corrected chi connectivity index (χ1v) is 10.5. The van der Waals surface area contributed by atoms with Crippen LogP contribution in [0.15, 0.2) is 23.1 Å². The second-order valence-corrected chi connectivity index (χ2v) is 8.64. The average Bonchev–Trinajstić information content (AvgIpc) is 3.21. The normalized spacial score (nSPS) is 18.5. The maximum atomic E-state index is 12.8. The van der Waals surface area contributed by atoms with Crippen molar-refractivity contribution in [1.82, 2.24) is 9.21 Å². The minimum Gasteiger partial charge on any atom is -0.452 e. The van der Waals surface area contributed by atoms with Crippen molar-refractivity contribution in [1.29, 1.82) is 0 Å². The van der Waals surface area contributed by atoms with Gasteiger partial charge in [-0.2, -0.15) is 4.31 Å². The molecule has 27 heavy (non-hydrogen) atoms. The summed E-state index contributed by atoms with van der Waals surface area (Å²) in [6.07, 6.45) is 1.89. The smallest absolute Gasteiger partial charge is 0.338 e. The molecule has 0 saturated carbocycles. The number of morpholine rings is 1. The fraction of sp³-hybridized carbons (Fsp3) is 0.529. The third kappa shape index (κ3) is 4.60. The van der Waals surface area contributed by atoms with Crippen LogP contribution in [0.5, 0.6) is 0 Å². The molecule has 3 rings (SSSR count). The number of benzene rings is 1. The van der Waals surface area contributed by atoms with Crippen LogP contribution in [-0.2, 0) is 24.3 Å². The fourth-order valence-electron chi connectivity index (χ4n) is 3.02. The molecular weight excluding hydrogens is 396 g/mol. The Balaban J connectivity index is 1.72. The molecule has 2 fully saturated rings. The van der Waals surface area contributed by atoms with Crippen molar-refractivity contribution in [2.75, 3.05) is 46.0 Å². The lowest BCUT2D eigenvalue weighted by Gasteiger charge is -2.26. The van der Waals surface area contributed by atoms with Gasteiger partial charge in [0.1, 0.15) is 4.90 Å².